The quantitative estimate of drug-likeness (QED) is 0.627. The van der Waals surface area contributed by atoms with Gasteiger partial charge in [-0.15, -0.1) is 0 Å². The van der Waals surface area contributed by atoms with Crippen LogP contribution in [0.1, 0.15) is 28.8 Å². The lowest BCUT2D eigenvalue weighted by atomic mass is 10.0. The number of aliphatic hydroxyl groups is 1. The molecule has 0 bridgehead atoms. The minimum atomic E-state index is -1.47. The lowest BCUT2D eigenvalue weighted by Crippen LogP contribution is -2.69. The van der Waals surface area contributed by atoms with Crippen molar-refractivity contribution in [3.05, 3.63) is 35.1 Å². The minimum absolute atomic E-state index is 0.0593. The zero-order valence-corrected chi connectivity index (χ0v) is 15.5. The van der Waals surface area contributed by atoms with E-state index in [2.05, 4.69) is 0 Å². The molecular weight excluding hydrogens is 369 g/mol. The number of amides is 4. The monoisotopic (exact) mass is 393 g/mol. The second-order valence-electron chi connectivity index (χ2n) is 7.23. The molecule has 3 rings (SSSR count). The average Bonchev–Trinajstić information content (AvgIpc) is 2.65. The van der Waals surface area contributed by atoms with Gasteiger partial charge in [0, 0.05) is 38.3 Å². The summed E-state index contributed by atoms with van der Waals surface area (Å²) in [6.07, 6.45) is -0.830. The summed E-state index contributed by atoms with van der Waals surface area (Å²) in [4.78, 5) is 40.8. The van der Waals surface area contributed by atoms with Crippen LogP contribution in [0.3, 0.4) is 0 Å². The van der Waals surface area contributed by atoms with E-state index in [1.807, 2.05) is 0 Å². The first kappa shape index (κ1) is 20.2. The zero-order valence-electron chi connectivity index (χ0n) is 15.5. The Labute approximate surface area is 161 Å². The van der Waals surface area contributed by atoms with Crippen LogP contribution in [-0.4, -0.2) is 76.1 Å². The summed E-state index contributed by atoms with van der Waals surface area (Å²) < 4.78 is 13.5. The number of piperidine rings is 1. The fourth-order valence-corrected chi connectivity index (χ4v) is 3.83. The molecule has 3 atom stereocenters. The van der Waals surface area contributed by atoms with Gasteiger partial charge in [-0.1, -0.05) is 6.07 Å². The fourth-order valence-electron chi connectivity index (χ4n) is 3.83. The number of hydrogen-bond donors (Lipinski definition) is 3. The number of aliphatic hydroxyl groups excluding tert-OH is 1. The molecule has 10 heteroatoms. The standard InChI is InChI=1S/C18H24FN5O4/c1-22-17(27)14(25)16(23-6-2-3-12(20)9-23)24(18(22)28)8-10-4-5-11(19)7-13(10)15(21)26/h4-5,7,12,14,16,25H,2-3,6,8-9,20H2,1H3,(H2,21,26)/t12-,14?,16?/m1/s1. The van der Waals surface area contributed by atoms with Gasteiger partial charge in [-0.25, -0.2) is 9.18 Å². The Morgan fingerprint density at radius 3 is 2.71 bits per heavy atom. The highest BCUT2D eigenvalue weighted by molar-refractivity contribution is 5.99. The van der Waals surface area contributed by atoms with E-state index in [4.69, 9.17) is 11.5 Å². The molecule has 0 saturated carbocycles. The summed E-state index contributed by atoms with van der Waals surface area (Å²) in [7, 11) is 1.28. The lowest BCUT2D eigenvalue weighted by Gasteiger charge is -2.48. The van der Waals surface area contributed by atoms with E-state index in [-0.39, 0.29) is 18.2 Å². The minimum Gasteiger partial charge on any atom is -0.380 e. The third-order valence-corrected chi connectivity index (χ3v) is 5.26. The number of halogens is 1. The molecule has 2 fully saturated rings. The van der Waals surface area contributed by atoms with Crippen LogP contribution in [0.2, 0.25) is 0 Å². The largest absolute Gasteiger partial charge is 0.380 e. The molecule has 1 aromatic rings. The Kier molecular flexibility index (Phi) is 5.64. The Morgan fingerprint density at radius 1 is 1.36 bits per heavy atom. The van der Waals surface area contributed by atoms with Crippen LogP contribution in [0.4, 0.5) is 9.18 Å². The number of primary amides is 1. The topological polar surface area (TPSA) is 133 Å². The van der Waals surface area contributed by atoms with E-state index in [0.717, 1.165) is 29.9 Å². The summed E-state index contributed by atoms with van der Waals surface area (Å²) in [5.41, 5.74) is 11.6. The summed E-state index contributed by atoms with van der Waals surface area (Å²) >= 11 is 0. The summed E-state index contributed by atoms with van der Waals surface area (Å²) in [6, 6.07) is 2.76. The molecule has 2 saturated heterocycles. The molecule has 2 unspecified atom stereocenters. The van der Waals surface area contributed by atoms with Crippen molar-refractivity contribution in [1.82, 2.24) is 14.7 Å². The van der Waals surface area contributed by atoms with Crippen LogP contribution in [0.5, 0.6) is 0 Å². The van der Waals surface area contributed by atoms with Gasteiger partial charge in [0.15, 0.2) is 6.10 Å². The molecule has 152 valence electrons. The molecule has 2 aliphatic heterocycles. The molecule has 5 N–H and O–H groups in total. The maximum atomic E-state index is 13.5. The van der Waals surface area contributed by atoms with E-state index in [1.165, 1.54) is 18.0 Å². The van der Waals surface area contributed by atoms with Gasteiger partial charge in [0.05, 0.1) is 0 Å². The molecule has 28 heavy (non-hydrogen) atoms. The van der Waals surface area contributed by atoms with Gasteiger partial charge in [0.2, 0.25) is 5.91 Å². The normalized spacial score (nSPS) is 26.6. The summed E-state index contributed by atoms with van der Waals surface area (Å²) in [6.45, 7) is 0.847. The first-order valence-corrected chi connectivity index (χ1v) is 9.04. The molecule has 0 aliphatic carbocycles. The molecule has 2 aliphatic rings. The molecule has 0 radical (unpaired) electrons. The molecule has 0 spiro atoms. The average molecular weight is 393 g/mol. The van der Waals surface area contributed by atoms with E-state index in [0.29, 0.717) is 18.7 Å². The second-order valence-corrected chi connectivity index (χ2v) is 7.23. The molecule has 2 heterocycles. The summed E-state index contributed by atoms with van der Waals surface area (Å²) in [5, 5.41) is 10.6. The van der Waals surface area contributed by atoms with E-state index in [9.17, 15) is 23.9 Å². The first-order valence-electron chi connectivity index (χ1n) is 9.04. The number of carbonyl (C=O) groups is 3. The number of urea groups is 1. The van der Waals surface area contributed by atoms with Crippen LogP contribution in [0.15, 0.2) is 18.2 Å². The smallest absolute Gasteiger partial charge is 0.328 e. The number of likely N-dealkylation sites (N-methyl/N-ethyl adjacent to an activating group) is 1. The third kappa shape index (κ3) is 3.71. The van der Waals surface area contributed by atoms with E-state index in [1.54, 1.807) is 4.90 Å². The highest BCUT2D eigenvalue weighted by Crippen LogP contribution is 2.26. The number of nitrogens with two attached hydrogens (primary N) is 2. The Balaban J connectivity index is 1.98. The Hall–Kier alpha value is -2.56. The van der Waals surface area contributed by atoms with Gasteiger partial charge in [0.25, 0.3) is 5.91 Å². The number of likely N-dealkylation sites (tertiary alicyclic amines) is 1. The van der Waals surface area contributed by atoms with Crippen LogP contribution < -0.4 is 11.5 Å². The van der Waals surface area contributed by atoms with Gasteiger partial charge in [-0.05, 0) is 30.5 Å². The van der Waals surface area contributed by atoms with Crippen LogP contribution in [0.25, 0.3) is 0 Å². The van der Waals surface area contributed by atoms with Gasteiger partial charge >= 0.3 is 6.03 Å². The number of benzene rings is 1. The third-order valence-electron chi connectivity index (χ3n) is 5.26. The van der Waals surface area contributed by atoms with Gasteiger partial charge in [-0.2, -0.15) is 0 Å². The number of carbonyl (C=O) groups excluding carboxylic acids is 3. The summed E-state index contributed by atoms with van der Waals surface area (Å²) in [5.74, 6) is -2.17. The van der Waals surface area contributed by atoms with Crippen molar-refractivity contribution in [1.29, 1.82) is 0 Å². The van der Waals surface area contributed by atoms with Crippen molar-refractivity contribution in [3.8, 4) is 0 Å². The molecular formula is C18H24FN5O4. The van der Waals surface area contributed by atoms with Crippen molar-refractivity contribution in [2.24, 2.45) is 11.5 Å². The predicted molar refractivity (Wildman–Crippen MR) is 97.2 cm³/mol. The van der Waals surface area contributed by atoms with Crippen molar-refractivity contribution in [2.45, 2.75) is 37.7 Å². The number of nitrogens with zero attached hydrogens (tertiary/aromatic N) is 3. The zero-order chi connectivity index (χ0) is 20.6. The van der Waals surface area contributed by atoms with Crippen molar-refractivity contribution < 1.29 is 23.9 Å². The molecule has 9 nitrogen and oxygen atoms in total. The lowest BCUT2D eigenvalue weighted by molar-refractivity contribution is -0.153. The second kappa shape index (κ2) is 7.82. The predicted octanol–water partition coefficient (Wildman–Crippen LogP) is -0.571. The van der Waals surface area contributed by atoms with Crippen LogP contribution in [0, 0.1) is 5.82 Å². The fraction of sp³-hybridized carbons (Fsp3) is 0.500. The van der Waals surface area contributed by atoms with Crippen molar-refractivity contribution in [2.75, 3.05) is 20.1 Å². The SMILES string of the molecule is CN1C(=O)C(O)C(N2CCC[C@@H](N)C2)N(Cc2ccc(F)cc2C(N)=O)C1=O. The maximum absolute atomic E-state index is 13.5. The van der Waals surface area contributed by atoms with Gasteiger partial charge in [0.1, 0.15) is 12.0 Å². The van der Waals surface area contributed by atoms with E-state index < -0.39 is 35.9 Å². The molecule has 0 aromatic heterocycles. The van der Waals surface area contributed by atoms with Crippen LogP contribution >= 0.6 is 0 Å². The Bertz CT molecular complexity index is 804. The highest BCUT2D eigenvalue weighted by Gasteiger charge is 2.47. The number of rotatable bonds is 4. The van der Waals surface area contributed by atoms with Gasteiger partial charge in [-0.3, -0.25) is 19.4 Å². The van der Waals surface area contributed by atoms with Crippen LogP contribution in [-0.2, 0) is 11.3 Å². The van der Waals surface area contributed by atoms with Gasteiger partial charge < -0.3 is 21.5 Å². The molecule has 4 amide bonds. The first-order chi connectivity index (χ1) is 13.2. The Morgan fingerprint density at radius 2 is 2.07 bits per heavy atom. The maximum Gasteiger partial charge on any atom is 0.328 e. The van der Waals surface area contributed by atoms with Crippen molar-refractivity contribution in [3.63, 3.8) is 0 Å². The highest BCUT2D eigenvalue weighted by atomic mass is 19.1. The number of imide groups is 1. The van der Waals surface area contributed by atoms with E-state index >= 15 is 0 Å². The number of hydrogen-bond acceptors (Lipinski definition) is 6. The molecule has 1 aromatic carbocycles. The van der Waals surface area contributed by atoms with Crippen molar-refractivity contribution >= 4 is 17.8 Å².